The molecular formula is C29H28Cl2N6O2. The van der Waals surface area contributed by atoms with E-state index in [1.165, 1.54) is 6.42 Å². The lowest BCUT2D eigenvalue weighted by molar-refractivity contribution is -0.124. The SMILES string of the molecule is Cc1ncc(Cl)c([C@@H](C)Oc2ccc3[nH]nc(-c4cnc(N5CC(C)(OC6CCC6)C5)c(C#N)c4)c3c2)c1Cl. The zero-order chi connectivity index (χ0) is 27.3. The van der Waals surface area contributed by atoms with Gasteiger partial charge in [-0.25, -0.2) is 4.98 Å². The number of aryl methyl sites for hydroxylation is 1. The predicted octanol–water partition coefficient (Wildman–Crippen LogP) is 6.79. The first kappa shape index (κ1) is 25.9. The fraction of sp³-hybridized carbons (Fsp3) is 0.379. The van der Waals surface area contributed by atoms with Crippen LogP contribution < -0.4 is 9.64 Å². The number of hydrogen-bond acceptors (Lipinski definition) is 7. The third kappa shape index (κ3) is 4.80. The van der Waals surface area contributed by atoms with Crippen molar-refractivity contribution in [3.63, 3.8) is 0 Å². The van der Waals surface area contributed by atoms with Gasteiger partial charge in [0.25, 0.3) is 0 Å². The lowest BCUT2D eigenvalue weighted by Crippen LogP contribution is -2.63. The Morgan fingerprint density at radius 1 is 1.18 bits per heavy atom. The zero-order valence-corrected chi connectivity index (χ0v) is 23.5. The van der Waals surface area contributed by atoms with Crippen LogP contribution in [-0.2, 0) is 4.74 Å². The quantitative estimate of drug-likeness (QED) is 0.264. The molecule has 1 atom stereocenters. The van der Waals surface area contributed by atoms with E-state index >= 15 is 0 Å². The molecule has 1 N–H and O–H groups in total. The van der Waals surface area contributed by atoms with Gasteiger partial charge in [-0.3, -0.25) is 10.1 Å². The van der Waals surface area contributed by atoms with Crippen LogP contribution in [0, 0.1) is 18.3 Å². The molecule has 0 radical (unpaired) electrons. The Balaban J connectivity index is 1.24. The van der Waals surface area contributed by atoms with E-state index in [4.69, 9.17) is 32.7 Å². The van der Waals surface area contributed by atoms with Gasteiger partial charge in [0.1, 0.15) is 35.0 Å². The molecule has 8 nitrogen and oxygen atoms in total. The number of hydrogen-bond donors (Lipinski definition) is 1. The maximum atomic E-state index is 9.94. The Morgan fingerprint density at radius 2 is 1.97 bits per heavy atom. The average molecular weight is 563 g/mol. The summed E-state index contributed by atoms with van der Waals surface area (Å²) in [6, 6.07) is 9.85. The minimum Gasteiger partial charge on any atom is -0.486 e. The molecule has 4 heterocycles. The number of H-pyrrole nitrogens is 1. The molecule has 2 aliphatic rings. The molecule has 39 heavy (non-hydrogen) atoms. The summed E-state index contributed by atoms with van der Waals surface area (Å²) in [5.74, 6) is 1.31. The van der Waals surface area contributed by atoms with Crippen molar-refractivity contribution in [1.82, 2.24) is 20.2 Å². The van der Waals surface area contributed by atoms with Gasteiger partial charge in [0, 0.05) is 28.9 Å². The van der Waals surface area contributed by atoms with Crippen LogP contribution in [0.25, 0.3) is 22.2 Å². The van der Waals surface area contributed by atoms with Gasteiger partial charge >= 0.3 is 0 Å². The fourth-order valence-electron chi connectivity index (χ4n) is 5.30. The highest BCUT2D eigenvalue weighted by Gasteiger charge is 2.43. The number of ether oxygens (including phenoxy) is 2. The van der Waals surface area contributed by atoms with Crippen molar-refractivity contribution in [3.05, 3.63) is 63.5 Å². The highest BCUT2D eigenvalue weighted by molar-refractivity contribution is 6.36. The summed E-state index contributed by atoms with van der Waals surface area (Å²) in [7, 11) is 0. The second-order valence-corrected chi connectivity index (χ2v) is 11.4. The first-order valence-electron chi connectivity index (χ1n) is 13.0. The van der Waals surface area contributed by atoms with Crippen LogP contribution in [0.2, 0.25) is 10.0 Å². The minimum absolute atomic E-state index is 0.187. The van der Waals surface area contributed by atoms with E-state index in [0.29, 0.717) is 50.2 Å². The van der Waals surface area contributed by atoms with Crippen LogP contribution in [0.4, 0.5) is 5.82 Å². The smallest absolute Gasteiger partial charge is 0.146 e. The summed E-state index contributed by atoms with van der Waals surface area (Å²) in [6.45, 7) is 7.31. The highest BCUT2D eigenvalue weighted by atomic mass is 35.5. The van der Waals surface area contributed by atoms with Crippen molar-refractivity contribution in [3.8, 4) is 23.1 Å². The maximum absolute atomic E-state index is 9.94. The van der Waals surface area contributed by atoms with Gasteiger partial charge in [0.2, 0.25) is 0 Å². The van der Waals surface area contributed by atoms with Crippen molar-refractivity contribution < 1.29 is 9.47 Å². The molecular weight excluding hydrogens is 535 g/mol. The number of nitriles is 1. The van der Waals surface area contributed by atoms with Gasteiger partial charge in [0.05, 0.1) is 46.0 Å². The summed E-state index contributed by atoms with van der Waals surface area (Å²) in [4.78, 5) is 11.0. The van der Waals surface area contributed by atoms with E-state index in [-0.39, 0.29) is 5.60 Å². The molecule has 3 aromatic heterocycles. The lowest BCUT2D eigenvalue weighted by Gasteiger charge is -2.51. The molecule has 2 fully saturated rings. The molecule has 0 unspecified atom stereocenters. The molecule has 200 valence electrons. The van der Waals surface area contributed by atoms with E-state index in [1.54, 1.807) is 12.4 Å². The topological polar surface area (TPSA) is 99.9 Å². The van der Waals surface area contributed by atoms with Gasteiger partial charge in [-0.1, -0.05) is 23.2 Å². The molecule has 1 saturated heterocycles. The van der Waals surface area contributed by atoms with E-state index in [2.05, 4.69) is 38.1 Å². The Labute approximate surface area is 236 Å². The number of aromatic amines is 1. The summed E-state index contributed by atoms with van der Waals surface area (Å²) < 4.78 is 12.5. The molecule has 4 aromatic rings. The van der Waals surface area contributed by atoms with E-state index in [1.807, 2.05) is 38.1 Å². The number of fused-ring (bicyclic) bond motifs is 1. The van der Waals surface area contributed by atoms with Gasteiger partial charge in [0.15, 0.2) is 0 Å². The van der Waals surface area contributed by atoms with Crippen molar-refractivity contribution in [2.75, 3.05) is 18.0 Å². The van der Waals surface area contributed by atoms with Gasteiger partial charge < -0.3 is 14.4 Å². The molecule has 1 saturated carbocycles. The standard InChI is InChI=1S/C29H28Cl2N6O2/c1-16-26(31)25(23(30)13-33-16)17(2)38-21-7-8-24-22(10-21)27(36-35-24)19-9-18(11-32)28(34-12-19)37-14-29(3,15-37)39-20-5-4-6-20/h7-10,12-13,17,20H,4-6,14-15H2,1-3H3,(H,35,36)/t17-/m1/s1. The number of aromatic nitrogens is 4. The minimum atomic E-state index is -0.402. The number of halogens is 2. The average Bonchev–Trinajstić information content (AvgIpc) is 3.30. The Kier molecular flexibility index (Phi) is 6.62. The van der Waals surface area contributed by atoms with E-state index in [0.717, 1.165) is 42.4 Å². The Hall–Kier alpha value is -3.38. The van der Waals surface area contributed by atoms with Crippen molar-refractivity contribution in [1.29, 1.82) is 5.26 Å². The third-order valence-corrected chi connectivity index (χ3v) is 8.33. The van der Waals surface area contributed by atoms with Gasteiger partial charge in [-0.2, -0.15) is 10.4 Å². The summed E-state index contributed by atoms with van der Waals surface area (Å²) >= 11 is 12.9. The molecule has 6 rings (SSSR count). The Bertz CT molecular complexity index is 1600. The highest BCUT2D eigenvalue weighted by Crippen LogP contribution is 2.38. The molecule has 0 spiro atoms. The normalized spacial score (nSPS) is 17.4. The maximum Gasteiger partial charge on any atom is 0.146 e. The largest absolute Gasteiger partial charge is 0.486 e. The second-order valence-electron chi connectivity index (χ2n) is 10.6. The second kappa shape index (κ2) is 9.98. The zero-order valence-electron chi connectivity index (χ0n) is 22.0. The van der Waals surface area contributed by atoms with E-state index < -0.39 is 6.10 Å². The summed E-state index contributed by atoms with van der Waals surface area (Å²) in [5.41, 5.74) is 3.98. The Morgan fingerprint density at radius 3 is 2.69 bits per heavy atom. The van der Waals surface area contributed by atoms with Crippen molar-refractivity contribution in [2.24, 2.45) is 0 Å². The van der Waals surface area contributed by atoms with Gasteiger partial charge in [-0.15, -0.1) is 0 Å². The van der Waals surface area contributed by atoms with Gasteiger partial charge in [-0.05, 0) is 64.3 Å². The van der Waals surface area contributed by atoms with Crippen molar-refractivity contribution >= 4 is 39.9 Å². The van der Waals surface area contributed by atoms with Crippen molar-refractivity contribution in [2.45, 2.75) is 57.8 Å². The van der Waals surface area contributed by atoms with Crippen LogP contribution in [-0.4, -0.2) is 45.0 Å². The molecule has 1 aromatic carbocycles. The van der Waals surface area contributed by atoms with Crippen LogP contribution in [0.5, 0.6) is 5.75 Å². The first-order chi connectivity index (χ1) is 18.7. The van der Waals surface area contributed by atoms with Crippen LogP contribution in [0.15, 0.2) is 36.7 Å². The van der Waals surface area contributed by atoms with Crippen LogP contribution in [0.3, 0.4) is 0 Å². The van der Waals surface area contributed by atoms with E-state index in [9.17, 15) is 5.26 Å². The molecule has 0 bridgehead atoms. The van der Waals surface area contributed by atoms with Crippen LogP contribution in [0.1, 0.15) is 56.0 Å². The first-order valence-corrected chi connectivity index (χ1v) is 13.8. The monoisotopic (exact) mass is 562 g/mol. The fourth-order valence-corrected chi connectivity index (χ4v) is 5.95. The molecule has 1 aliphatic heterocycles. The summed E-state index contributed by atoms with van der Waals surface area (Å²) in [5, 5.41) is 19.3. The lowest BCUT2D eigenvalue weighted by atomic mass is 9.91. The number of benzene rings is 1. The predicted molar refractivity (Wildman–Crippen MR) is 151 cm³/mol. The molecule has 1 aliphatic carbocycles. The number of nitrogens with zero attached hydrogens (tertiary/aromatic N) is 5. The summed E-state index contributed by atoms with van der Waals surface area (Å²) in [6.07, 6.45) is 6.84. The number of rotatable bonds is 7. The third-order valence-electron chi connectivity index (χ3n) is 7.55. The van der Waals surface area contributed by atoms with Crippen LogP contribution >= 0.6 is 23.2 Å². The molecule has 0 amide bonds. The number of anilines is 1. The number of nitrogens with one attached hydrogen (secondary N) is 1. The number of pyridine rings is 2. The molecule has 10 heteroatoms.